The molecular formula is C16H21NO5. The highest BCUT2D eigenvalue weighted by Crippen LogP contribution is 2.31. The van der Waals surface area contributed by atoms with Gasteiger partial charge in [0.05, 0.1) is 19.4 Å². The Kier molecular flexibility index (Phi) is 5.25. The number of carbonyl (C=O) groups is 2. The number of hydrogen-bond donors (Lipinski definition) is 1. The fourth-order valence-corrected chi connectivity index (χ4v) is 2.57. The number of methoxy groups -OCH3 is 1. The first-order chi connectivity index (χ1) is 10.5. The van der Waals surface area contributed by atoms with Gasteiger partial charge in [-0.3, -0.25) is 9.59 Å². The van der Waals surface area contributed by atoms with Crippen LogP contribution in [0.1, 0.15) is 18.9 Å². The molecule has 2 rings (SSSR count). The second-order valence-electron chi connectivity index (χ2n) is 5.25. The minimum Gasteiger partial charge on any atom is -0.497 e. The average molecular weight is 307 g/mol. The minimum absolute atomic E-state index is 0.0441. The lowest BCUT2D eigenvalue weighted by Gasteiger charge is -2.29. The van der Waals surface area contributed by atoms with Crippen molar-refractivity contribution in [2.24, 2.45) is 5.92 Å². The van der Waals surface area contributed by atoms with Gasteiger partial charge in [-0.05, 0) is 37.1 Å². The molecule has 0 bridgehead atoms. The van der Waals surface area contributed by atoms with Gasteiger partial charge in [0.2, 0.25) is 5.91 Å². The van der Waals surface area contributed by atoms with Crippen LogP contribution in [0.2, 0.25) is 0 Å². The number of rotatable bonds is 6. The van der Waals surface area contributed by atoms with E-state index in [2.05, 4.69) is 0 Å². The number of carbonyl (C=O) groups excluding carboxylic acids is 1. The summed E-state index contributed by atoms with van der Waals surface area (Å²) >= 11 is 0. The van der Waals surface area contributed by atoms with Gasteiger partial charge in [-0.2, -0.15) is 0 Å². The van der Waals surface area contributed by atoms with Gasteiger partial charge in [0.15, 0.2) is 0 Å². The molecule has 1 aromatic rings. The number of amides is 1. The zero-order valence-electron chi connectivity index (χ0n) is 12.9. The van der Waals surface area contributed by atoms with Crippen molar-refractivity contribution in [3.63, 3.8) is 0 Å². The van der Waals surface area contributed by atoms with Gasteiger partial charge in [0.1, 0.15) is 18.1 Å². The van der Waals surface area contributed by atoms with Crippen LogP contribution in [0.25, 0.3) is 0 Å². The summed E-state index contributed by atoms with van der Waals surface area (Å²) in [4.78, 5) is 24.8. The van der Waals surface area contributed by atoms with Crippen LogP contribution in [0.5, 0.6) is 11.5 Å². The molecule has 0 aromatic heterocycles. The van der Waals surface area contributed by atoms with Gasteiger partial charge < -0.3 is 19.5 Å². The smallest absolute Gasteiger partial charge is 0.305 e. The summed E-state index contributed by atoms with van der Waals surface area (Å²) in [5.74, 6) is 0.263. The standard InChI is InChI=1S/C16H21NO5/c1-3-17(7-6-15(18)19)16(20)12-8-11-9-13(21-2)4-5-14(11)22-10-12/h4-5,9,12H,3,6-8,10H2,1-2H3,(H,18,19). The van der Waals surface area contributed by atoms with Crippen molar-refractivity contribution in [3.05, 3.63) is 23.8 Å². The molecule has 1 heterocycles. The molecule has 6 heteroatoms. The summed E-state index contributed by atoms with van der Waals surface area (Å²) in [7, 11) is 1.60. The fourth-order valence-electron chi connectivity index (χ4n) is 2.57. The normalized spacial score (nSPS) is 16.4. The van der Waals surface area contributed by atoms with Crippen molar-refractivity contribution in [3.8, 4) is 11.5 Å². The van der Waals surface area contributed by atoms with Crippen LogP contribution < -0.4 is 9.47 Å². The van der Waals surface area contributed by atoms with Gasteiger partial charge >= 0.3 is 5.97 Å². The van der Waals surface area contributed by atoms with Gasteiger partial charge in [0, 0.05) is 13.1 Å². The van der Waals surface area contributed by atoms with Crippen molar-refractivity contribution in [1.29, 1.82) is 0 Å². The zero-order chi connectivity index (χ0) is 16.1. The van der Waals surface area contributed by atoms with Crippen LogP contribution >= 0.6 is 0 Å². The molecule has 1 unspecified atom stereocenters. The predicted octanol–water partition coefficient (Wildman–Crippen LogP) is 1.57. The third-order valence-electron chi connectivity index (χ3n) is 3.81. The van der Waals surface area contributed by atoms with E-state index in [1.165, 1.54) is 0 Å². The van der Waals surface area contributed by atoms with Gasteiger partial charge in [-0.15, -0.1) is 0 Å². The maximum atomic E-state index is 12.5. The molecule has 1 aromatic carbocycles. The summed E-state index contributed by atoms with van der Waals surface area (Å²) in [5, 5.41) is 8.76. The molecule has 0 fully saturated rings. The van der Waals surface area contributed by atoms with E-state index >= 15 is 0 Å². The van der Waals surface area contributed by atoms with Crippen molar-refractivity contribution < 1.29 is 24.2 Å². The molecule has 0 radical (unpaired) electrons. The number of nitrogens with zero attached hydrogens (tertiary/aromatic N) is 1. The van der Waals surface area contributed by atoms with Crippen LogP contribution in [0.3, 0.4) is 0 Å². The average Bonchev–Trinajstić information content (AvgIpc) is 2.53. The van der Waals surface area contributed by atoms with Gasteiger partial charge in [-0.25, -0.2) is 0 Å². The second-order valence-corrected chi connectivity index (χ2v) is 5.25. The third kappa shape index (κ3) is 3.69. The third-order valence-corrected chi connectivity index (χ3v) is 3.81. The highest BCUT2D eigenvalue weighted by Gasteiger charge is 2.29. The largest absolute Gasteiger partial charge is 0.497 e. The van der Waals surface area contributed by atoms with E-state index in [0.29, 0.717) is 19.6 Å². The number of ether oxygens (including phenoxy) is 2. The molecule has 0 spiro atoms. The highest BCUT2D eigenvalue weighted by molar-refractivity contribution is 5.80. The Bertz CT molecular complexity index is 557. The minimum atomic E-state index is -0.902. The first-order valence-electron chi connectivity index (χ1n) is 7.35. The van der Waals surface area contributed by atoms with Crippen molar-refractivity contribution >= 4 is 11.9 Å². The number of aliphatic carboxylic acids is 1. The van der Waals surface area contributed by atoms with E-state index in [4.69, 9.17) is 14.6 Å². The Morgan fingerprint density at radius 3 is 2.86 bits per heavy atom. The molecular weight excluding hydrogens is 286 g/mol. The quantitative estimate of drug-likeness (QED) is 0.863. The lowest BCUT2D eigenvalue weighted by Crippen LogP contribution is -2.41. The first-order valence-corrected chi connectivity index (χ1v) is 7.35. The molecule has 0 aliphatic carbocycles. The second kappa shape index (κ2) is 7.15. The summed E-state index contributed by atoms with van der Waals surface area (Å²) in [6.45, 7) is 2.89. The van der Waals surface area contributed by atoms with Crippen LogP contribution in [0.4, 0.5) is 0 Å². The maximum absolute atomic E-state index is 12.5. The van der Waals surface area contributed by atoms with E-state index in [1.54, 1.807) is 12.0 Å². The van der Waals surface area contributed by atoms with Crippen LogP contribution in [0, 0.1) is 5.92 Å². The molecule has 120 valence electrons. The maximum Gasteiger partial charge on any atom is 0.305 e. The molecule has 1 N–H and O–H groups in total. The molecule has 1 aliphatic heterocycles. The van der Waals surface area contributed by atoms with Gasteiger partial charge in [-0.1, -0.05) is 0 Å². The van der Waals surface area contributed by atoms with Crippen LogP contribution in [-0.2, 0) is 16.0 Å². The molecule has 1 aliphatic rings. The van der Waals surface area contributed by atoms with Crippen molar-refractivity contribution in [1.82, 2.24) is 4.90 Å². The summed E-state index contributed by atoms with van der Waals surface area (Å²) in [6, 6.07) is 5.55. The van der Waals surface area contributed by atoms with Crippen LogP contribution in [-0.4, -0.2) is 48.7 Å². The zero-order valence-corrected chi connectivity index (χ0v) is 12.9. The van der Waals surface area contributed by atoms with E-state index < -0.39 is 5.97 Å². The number of carboxylic acids is 1. The van der Waals surface area contributed by atoms with Crippen molar-refractivity contribution in [2.75, 3.05) is 26.8 Å². The fraction of sp³-hybridized carbons (Fsp3) is 0.500. The Labute approximate surface area is 129 Å². The highest BCUT2D eigenvalue weighted by atomic mass is 16.5. The number of benzene rings is 1. The van der Waals surface area contributed by atoms with E-state index in [1.807, 2.05) is 25.1 Å². The Balaban J connectivity index is 2.06. The lowest BCUT2D eigenvalue weighted by atomic mass is 9.95. The number of carboxylic acid groups (broad SMARTS) is 1. The number of fused-ring (bicyclic) bond motifs is 1. The topological polar surface area (TPSA) is 76.1 Å². The summed E-state index contributed by atoms with van der Waals surface area (Å²) in [5.41, 5.74) is 0.943. The van der Waals surface area contributed by atoms with E-state index in [-0.39, 0.29) is 24.8 Å². The van der Waals surface area contributed by atoms with Crippen molar-refractivity contribution in [2.45, 2.75) is 19.8 Å². The van der Waals surface area contributed by atoms with E-state index in [0.717, 1.165) is 17.1 Å². The molecule has 1 atom stereocenters. The summed E-state index contributed by atoms with van der Waals surface area (Å²) < 4.78 is 10.9. The lowest BCUT2D eigenvalue weighted by molar-refractivity contribution is -0.140. The van der Waals surface area contributed by atoms with Crippen LogP contribution in [0.15, 0.2) is 18.2 Å². The summed E-state index contributed by atoms with van der Waals surface area (Å²) in [6.07, 6.45) is 0.534. The Hall–Kier alpha value is -2.24. The Morgan fingerprint density at radius 1 is 1.45 bits per heavy atom. The molecule has 22 heavy (non-hydrogen) atoms. The Morgan fingerprint density at radius 2 is 2.23 bits per heavy atom. The van der Waals surface area contributed by atoms with Gasteiger partial charge in [0.25, 0.3) is 0 Å². The molecule has 1 amide bonds. The molecule has 0 saturated heterocycles. The predicted molar refractivity (Wildman–Crippen MR) is 80.2 cm³/mol. The monoisotopic (exact) mass is 307 g/mol. The number of hydrogen-bond acceptors (Lipinski definition) is 4. The molecule has 6 nitrogen and oxygen atoms in total. The SMILES string of the molecule is CCN(CCC(=O)O)C(=O)C1COc2ccc(OC)cc2C1. The first kappa shape index (κ1) is 16.1. The molecule has 0 saturated carbocycles. The van der Waals surface area contributed by atoms with E-state index in [9.17, 15) is 9.59 Å².